The van der Waals surface area contributed by atoms with E-state index in [-0.39, 0.29) is 11.8 Å². The third-order valence-corrected chi connectivity index (χ3v) is 2.43. The van der Waals surface area contributed by atoms with E-state index >= 15 is 0 Å². The van der Waals surface area contributed by atoms with Crippen LogP contribution in [0.1, 0.15) is 40.0 Å². The maximum absolute atomic E-state index is 11.7. The van der Waals surface area contributed by atoms with E-state index in [4.69, 9.17) is 5.73 Å². The van der Waals surface area contributed by atoms with Crippen molar-refractivity contribution >= 4 is 18.0 Å². The molecule has 0 aromatic carbocycles. The molecule has 98 valence electrons. The van der Waals surface area contributed by atoms with Gasteiger partial charge in [-0.15, -0.1) is 0 Å². The number of nitrogens with one attached hydrogen (secondary N) is 2. The molecule has 5 amide bonds. The highest BCUT2D eigenvalue weighted by Gasteiger charge is 2.19. The molecular weight excluding hydrogens is 222 g/mol. The van der Waals surface area contributed by atoms with Gasteiger partial charge in [0, 0.05) is 5.92 Å². The molecule has 0 aliphatic heterocycles. The summed E-state index contributed by atoms with van der Waals surface area (Å²) in [7, 11) is 0. The Labute approximate surface area is 101 Å². The van der Waals surface area contributed by atoms with Crippen LogP contribution in [0.25, 0.3) is 0 Å². The maximum Gasteiger partial charge on any atom is 0.329 e. The summed E-state index contributed by atoms with van der Waals surface area (Å²) in [6.45, 7) is 6.03. The average Bonchev–Trinajstić information content (AvgIpc) is 2.16. The lowest BCUT2D eigenvalue weighted by Gasteiger charge is -2.15. The molecule has 1 unspecified atom stereocenters. The molecule has 6 heteroatoms. The van der Waals surface area contributed by atoms with Crippen LogP contribution < -0.4 is 16.4 Å². The monoisotopic (exact) mass is 243 g/mol. The molecule has 0 fully saturated rings. The fraction of sp³-hybridized carbons (Fsp3) is 0.727. The summed E-state index contributed by atoms with van der Waals surface area (Å²) in [4.78, 5) is 33.1. The van der Waals surface area contributed by atoms with Crippen LogP contribution in [-0.2, 0) is 4.79 Å². The second-order valence-corrected chi connectivity index (χ2v) is 4.38. The number of rotatable bonds is 5. The number of amides is 5. The number of carbonyl (C=O) groups is 3. The minimum absolute atomic E-state index is 0.212. The van der Waals surface area contributed by atoms with Crippen molar-refractivity contribution < 1.29 is 14.4 Å². The number of hydrogen-bond donors (Lipinski definition) is 3. The van der Waals surface area contributed by atoms with Crippen molar-refractivity contribution in [2.45, 2.75) is 40.0 Å². The van der Waals surface area contributed by atoms with Gasteiger partial charge in [-0.25, -0.2) is 9.59 Å². The lowest BCUT2D eigenvalue weighted by Crippen LogP contribution is -2.46. The summed E-state index contributed by atoms with van der Waals surface area (Å²) in [6, 6.07) is -1.85. The largest absolute Gasteiger partial charge is 0.351 e. The highest BCUT2D eigenvalue weighted by atomic mass is 16.2. The van der Waals surface area contributed by atoms with E-state index in [9.17, 15) is 14.4 Å². The first-order valence-corrected chi connectivity index (χ1v) is 5.78. The van der Waals surface area contributed by atoms with Crippen molar-refractivity contribution in [3.63, 3.8) is 0 Å². The second kappa shape index (κ2) is 7.65. The van der Waals surface area contributed by atoms with Crippen molar-refractivity contribution in [2.75, 3.05) is 0 Å². The summed E-state index contributed by atoms with van der Waals surface area (Å²) >= 11 is 0. The van der Waals surface area contributed by atoms with E-state index < -0.39 is 12.1 Å². The minimum atomic E-state index is -0.981. The van der Waals surface area contributed by atoms with Gasteiger partial charge in [-0.3, -0.25) is 15.4 Å². The Kier molecular flexibility index (Phi) is 6.93. The van der Waals surface area contributed by atoms with Gasteiger partial charge in [-0.2, -0.15) is 0 Å². The number of urea groups is 2. The zero-order valence-electron chi connectivity index (χ0n) is 10.6. The SMILES string of the molecule is CCC(CCC(C)C)C(=O)NC(=O)NC(N)=O. The van der Waals surface area contributed by atoms with Crippen LogP contribution in [0.4, 0.5) is 9.59 Å². The fourth-order valence-corrected chi connectivity index (χ4v) is 1.41. The van der Waals surface area contributed by atoms with E-state index in [1.165, 1.54) is 0 Å². The first-order valence-electron chi connectivity index (χ1n) is 5.78. The first kappa shape index (κ1) is 15.4. The quantitative estimate of drug-likeness (QED) is 0.679. The van der Waals surface area contributed by atoms with Crippen molar-refractivity contribution in [3.05, 3.63) is 0 Å². The molecule has 6 nitrogen and oxygen atoms in total. The Morgan fingerprint density at radius 1 is 1.12 bits per heavy atom. The number of hydrogen-bond acceptors (Lipinski definition) is 3. The molecule has 0 aliphatic rings. The van der Waals surface area contributed by atoms with E-state index in [0.717, 1.165) is 12.8 Å². The number of imide groups is 2. The van der Waals surface area contributed by atoms with Gasteiger partial charge < -0.3 is 5.73 Å². The summed E-state index contributed by atoms with van der Waals surface area (Å²) in [6.07, 6.45) is 2.30. The van der Waals surface area contributed by atoms with Gasteiger partial charge in [0.2, 0.25) is 5.91 Å². The molecule has 0 saturated heterocycles. The summed E-state index contributed by atoms with van der Waals surface area (Å²) in [5.41, 5.74) is 4.75. The Bertz CT molecular complexity index is 290. The Hall–Kier alpha value is -1.59. The summed E-state index contributed by atoms with van der Waals surface area (Å²) < 4.78 is 0. The highest BCUT2D eigenvalue weighted by Crippen LogP contribution is 2.15. The number of primary amides is 1. The molecule has 0 heterocycles. The fourth-order valence-electron chi connectivity index (χ4n) is 1.41. The van der Waals surface area contributed by atoms with Crippen LogP contribution in [0.2, 0.25) is 0 Å². The van der Waals surface area contributed by atoms with Crippen molar-refractivity contribution in [3.8, 4) is 0 Å². The van der Waals surface area contributed by atoms with Gasteiger partial charge in [0.15, 0.2) is 0 Å². The maximum atomic E-state index is 11.7. The van der Waals surface area contributed by atoms with Crippen LogP contribution in [0.3, 0.4) is 0 Å². The second-order valence-electron chi connectivity index (χ2n) is 4.38. The summed E-state index contributed by atoms with van der Waals surface area (Å²) in [5.74, 6) is -0.0702. The summed E-state index contributed by atoms with van der Waals surface area (Å²) in [5, 5.41) is 3.88. The van der Waals surface area contributed by atoms with E-state index in [2.05, 4.69) is 19.2 Å². The van der Waals surface area contributed by atoms with Gasteiger partial charge >= 0.3 is 12.1 Å². The van der Waals surface area contributed by atoms with Gasteiger partial charge in [-0.05, 0) is 18.8 Å². The standard InChI is InChI=1S/C11H21N3O3/c1-4-8(6-5-7(2)3)9(15)13-11(17)14-10(12)16/h7-8H,4-6H2,1-3H3,(H4,12,13,14,15,16,17). The van der Waals surface area contributed by atoms with E-state index in [1.54, 1.807) is 5.32 Å². The molecule has 0 aromatic heterocycles. The molecular formula is C11H21N3O3. The Morgan fingerprint density at radius 2 is 1.71 bits per heavy atom. The third-order valence-electron chi connectivity index (χ3n) is 2.43. The van der Waals surface area contributed by atoms with Crippen molar-refractivity contribution in [2.24, 2.45) is 17.6 Å². The van der Waals surface area contributed by atoms with Crippen molar-refractivity contribution in [1.82, 2.24) is 10.6 Å². The van der Waals surface area contributed by atoms with Gasteiger partial charge in [-0.1, -0.05) is 27.2 Å². The molecule has 0 radical (unpaired) electrons. The van der Waals surface area contributed by atoms with Gasteiger partial charge in [0.05, 0.1) is 0 Å². The third kappa shape index (κ3) is 7.32. The van der Waals surface area contributed by atoms with Gasteiger partial charge in [0.25, 0.3) is 0 Å². The smallest absolute Gasteiger partial charge is 0.329 e. The Morgan fingerprint density at radius 3 is 2.12 bits per heavy atom. The molecule has 0 aromatic rings. The minimum Gasteiger partial charge on any atom is -0.351 e. The number of nitrogens with two attached hydrogens (primary N) is 1. The van der Waals surface area contributed by atoms with Crippen LogP contribution in [-0.4, -0.2) is 18.0 Å². The predicted molar refractivity (Wildman–Crippen MR) is 64.1 cm³/mol. The molecule has 0 bridgehead atoms. The van der Waals surface area contributed by atoms with Crippen LogP contribution in [0, 0.1) is 11.8 Å². The molecule has 0 rings (SSSR count). The van der Waals surface area contributed by atoms with Crippen LogP contribution in [0.15, 0.2) is 0 Å². The number of carbonyl (C=O) groups excluding carboxylic acids is 3. The topological polar surface area (TPSA) is 101 Å². The lowest BCUT2D eigenvalue weighted by molar-refractivity contribution is -0.124. The molecule has 0 spiro atoms. The Balaban J connectivity index is 4.16. The molecule has 0 aliphatic carbocycles. The highest BCUT2D eigenvalue weighted by molar-refractivity contribution is 6.01. The zero-order chi connectivity index (χ0) is 13.4. The molecule has 1 atom stereocenters. The predicted octanol–water partition coefficient (Wildman–Crippen LogP) is 1.35. The van der Waals surface area contributed by atoms with Gasteiger partial charge in [0.1, 0.15) is 0 Å². The normalized spacial score (nSPS) is 12.0. The van der Waals surface area contributed by atoms with Crippen LogP contribution >= 0.6 is 0 Å². The first-order chi connectivity index (χ1) is 7.86. The molecule has 0 saturated carbocycles. The average molecular weight is 243 g/mol. The van der Waals surface area contributed by atoms with Crippen LogP contribution in [0.5, 0.6) is 0 Å². The van der Waals surface area contributed by atoms with E-state index in [0.29, 0.717) is 12.3 Å². The lowest BCUT2D eigenvalue weighted by atomic mass is 9.95. The van der Waals surface area contributed by atoms with Crippen molar-refractivity contribution in [1.29, 1.82) is 0 Å². The van der Waals surface area contributed by atoms with E-state index in [1.807, 2.05) is 6.92 Å². The zero-order valence-corrected chi connectivity index (χ0v) is 10.6. The molecule has 4 N–H and O–H groups in total. The molecule has 17 heavy (non-hydrogen) atoms.